The first-order chi connectivity index (χ1) is 17.1. The van der Waals surface area contributed by atoms with Gasteiger partial charge in [-0.25, -0.2) is 31.2 Å². The smallest absolute Gasteiger partial charge is 0.178 e. The van der Waals surface area contributed by atoms with Gasteiger partial charge in [-0.15, -0.1) is 0 Å². The minimum Gasteiger partial charge on any atom is -0.336 e. The van der Waals surface area contributed by atoms with Crippen LogP contribution in [0.2, 0.25) is 0 Å². The number of aromatic amines is 1. The summed E-state index contributed by atoms with van der Waals surface area (Å²) in [5, 5.41) is 4.16. The van der Waals surface area contributed by atoms with Crippen molar-refractivity contribution in [3.8, 4) is 22.5 Å². The average molecular weight is 532 g/mol. The molecule has 1 N–H and O–H groups in total. The van der Waals surface area contributed by atoms with Crippen molar-refractivity contribution in [2.45, 2.75) is 19.3 Å². The first-order valence-corrected chi connectivity index (χ1v) is 15.3. The summed E-state index contributed by atoms with van der Waals surface area (Å²) in [5.74, 6) is -0.666. The van der Waals surface area contributed by atoms with Crippen LogP contribution in [0.1, 0.15) is 18.4 Å². The first-order valence-electron chi connectivity index (χ1n) is 11.6. The molecule has 1 aliphatic rings. The summed E-state index contributed by atoms with van der Waals surface area (Å²) in [6.07, 6.45) is 6.21. The van der Waals surface area contributed by atoms with Crippen molar-refractivity contribution in [3.05, 3.63) is 54.2 Å². The lowest BCUT2D eigenvalue weighted by molar-refractivity contribution is 0.508. The Morgan fingerprint density at radius 3 is 2.78 bits per heavy atom. The van der Waals surface area contributed by atoms with Crippen molar-refractivity contribution in [2.24, 2.45) is 13.0 Å². The third kappa shape index (κ3) is 5.34. The van der Waals surface area contributed by atoms with E-state index in [0.717, 1.165) is 11.1 Å². The minimum absolute atomic E-state index is 0.0227. The van der Waals surface area contributed by atoms with Crippen LogP contribution in [-0.4, -0.2) is 64.6 Å². The maximum absolute atomic E-state index is 15.0. The third-order valence-electron chi connectivity index (χ3n) is 6.46. The standard InChI is InChI=1S/C24H26FN5O4S2/c1-30-13-19(12-27-30)23-28-22-20(6-8-26-24(22)29-23)18-5-4-17(21(25)11-18)7-10-36(33,34)15-16-3-2-9-35(31,32)14-16/h4-6,8,11-13,16H,2-3,7,9-10,14-15H2,1H3,(H,26,28,29). The molecule has 3 aromatic heterocycles. The van der Waals surface area contributed by atoms with Crippen LogP contribution in [0, 0.1) is 11.7 Å². The molecule has 9 nitrogen and oxygen atoms in total. The molecule has 0 spiro atoms. The monoisotopic (exact) mass is 531 g/mol. The second-order valence-electron chi connectivity index (χ2n) is 9.34. The van der Waals surface area contributed by atoms with Gasteiger partial charge < -0.3 is 4.98 Å². The highest BCUT2D eigenvalue weighted by molar-refractivity contribution is 7.92. The number of pyridine rings is 1. The van der Waals surface area contributed by atoms with Gasteiger partial charge in [0.05, 0.1) is 40.3 Å². The SMILES string of the molecule is Cn1cc(-c2nc3nccc(-c4ccc(CCS(=O)(=O)CC5CCCS(=O)(=O)C5)c(F)c4)c3[nH]2)cn1. The van der Waals surface area contributed by atoms with Gasteiger partial charge in [0.2, 0.25) is 0 Å². The van der Waals surface area contributed by atoms with Crippen molar-refractivity contribution in [1.29, 1.82) is 0 Å². The summed E-state index contributed by atoms with van der Waals surface area (Å²) in [7, 11) is -4.89. The quantitative estimate of drug-likeness (QED) is 0.388. The topological polar surface area (TPSA) is 128 Å². The van der Waals surface area contributed by atoms with E-state index in [9.17, 15) is 16.8 Å². The van der Waals surface area contributed by atoms with Crippen molar-refractivity contribution >= 4 is 30.8 Å². The summed E-state index contributed by atoms with van der Waals surface area (Å²) in [5.41, 5.74) is 3.58. The van der Waals surface area contributed by atoms with Crippen LogP contribution in [0.3, 0.4) is 0 Å². The largest absolute Gasteiger partial charge is 0.336 e. The summed E-state index contributed by atoms with van der Waals surface area (Å²) in [4.78, 5) is 12.1. The highest BCUT2D eigenvalue weighted by Crippen LogP contribution is 2.30. The summed E-state index contributed by atoms with van der Waals surface area (Å²) in [6.45, 7) is 0. The van der Waals surface area contributed by atoms with Gasteiger partial charge in [-0.2, -0.15) is 5.10 Å². The van der Waals surface area contributed by atoms with E-state index in [-0.39, 0.29) is 35.4 Å². The second kappa shape index (κ2) is 9.40. The van der Waals surface area contributed by atoms with E-state index in [2.05, 4.69) is 20.1 Å². The molecule has 0 radical (unpaired) electrons. The van der Waals surface area contributed by atoms with Crippen molar-refractivity contribution < 1.29 is 21.2 Å². The van der Waals surface area contributed by atoms with E-state index in [1.807, 2.05) is 13.2 Å². The molecule has 36 heavy (non-hydrogen) atoms. The van der Waals surface area contributed by atoms with E-state index in [1.165, 1.54) is 6.07 Å². The number of benzene rings is 1. The number of nitrogens with one attached hydrogen (secondary N) is 1. The van der Waals surface area contributed by atoms with Crippen molar-refractivity contribution in [1.82, 2.24) is 24.7 Å². The van der Waals surface area contributed by atoms with Crippen LogP contribution in [0.5, 0.6) is 0 Å². The fourth-order valence-electron chi connectivity index (χ4n) is 4.71. The highest BCUT2D eigenvalue weighted by Gasteiger charge is 2.28. The Labute approximate surface area is 208 Å². The Bertz CT molecular complexity index is 1640. The zero-order valence-electron chi connectivity index (χ0n) is 19.7. The molecule has 1 aliphatic heterocycles. The molecule has 0 bridgehead atoms. The van der Waals surface area contributed by atoms with Gasteiger partial charge in [0.1, 0.15) is 11.6 Å². The number of fused-ring (bicyclic) bond motifs is 1. The van der Waals surface area contributed by atoms with Crippen LogP contribution in [-0.2, 0) is 33.1 Å². The van der Waals surface area contributed by atoms with Crippen molar-refractivity contribution in [2.75, 3.05) is 23.0 Å². The molecular formula is C24H26FN5O4S2. The first kappa shape index (κ1) is 24.6. The van der Waals surface area contributed by atoms with Gasteiger partial charge in [0.15, 0.2) is 25.3 Å². The minimum atomic E-state index is -3.52. The molecule has 1 aromatic carbocycles. The Hall–Kier alpha value is -3.12. The fraction of sp³-hybridized carbons (Fsp3) is 0.375. The predicted molar refractivity (Wildman–Crippen MR) is 135 cm³/mol. The third-order valence-corrected chi connectivity index (χ3v) is 10.2. The molecule has 1 fully saturated rings. The van der Waals surface area contributed by atoms with E-state index in [1.54, 1.807) is 35.3 Å². The summed E-state index contributed by atoms with van der Waals surface area (Å²) >= 11 is 0. The maximum atomic E-state index is 15.0. The average Bonchev–Trinajstić information content (AvgIpc) is 3.43. The number of sulfone groups is 2. The maximum Gasteiger partial charge on any atom is 0.178 e. The number of aryl methyl sites for hydroxylation is 2. The Morgan fingerprint density at radius 2 is 2.06 bits per heavy atom. The molecule has 4 heterocycles. The lowest BCUT2D eigenvalue weighted by Gasteiger charge is -2.21. The molecule has 1 atom stereocenters. The van der Waals surface area contributed by atoms with Crippen LogP contribution in [0.25, 0.3) is 33.7 Å². The van der Waals surface area contributed by atoms with Gasteiger partial charge in [-0.1, -0.05) is 12.1 Å². The normalized spacial score (nSPS) is 18.0. The number of rotatable bonds is 7. The summed E-state index contributed by atoms with van der Waals surface area (Å²) < 4.78 is 65.5. The van der Waals surface area contributed by atoms with E-state index in [4.69, 9.17) is 0 Å². The number of halogens is 1. The number of imidazole rings is 1. The Morgan fingerprint density at radius 1 is 1.22 bits per heavy atom. The number of hydrogen-bond acceptors (Lipinski definition) is 7. The lowest BCUT2D eigenvalue weighted by atomic mass is 10.0. The number of aromatic nitrogens is 5. The molecule has 0 amide bonds. The zero-order valence-corrected chi connectivity index (χ0v) is 21.3. The number of nitrogens with zero attached hydrogens (tertiary/aromatic N) is 4. The second-order valence-corrected chi connectivity index (χ2v) is 13.8. The predicted octanol–water partition coefficient (Wildman–Crippen LogP) is 2.95. The highest BCUT2D eigenvalue weighted by atomic mass is 32.2. The molecule has 0 saturated carbocycles. The van der Waals surface area contributed by atoms with E-state index >= 15 is 4.39 Å². The van der Waals surface area contributed by atoms with E-state index in [0.29, 0.717) is 41.0 Å². The van der Waals surface area contributed by atoms with E-state index < -0.39 is 25.5 Å². The molecule has 1 unspecified atom stereocenters. The molecule has 12 heteroatoms. The zero-order chi connectivity index (χ0) is 25.5. The summed E-state index contributed by atoms with van der Waals surface area (Å²) in [6, 6.07) is 6.49. The van der Waals surface area contributed by atoms with Gasteiger partial charge in [0, 0.05) is 25.0 Å². The number of H-pyrrole nitrogens is 1. The van der Waals surface area contributed by atoms with Gasteiger partial charge in [-0.05, 0) is 48.4 Å². The molecule has 0 aliphatic carbocycles. The molecule has 190 valence electrons. The van der Waals surface area contributed by atoms with Crippen LogP contribution >= 0.6 is 0 Å². The lowest BCUT2D eigenvalue weighted by Crippen LogP contribution is -2.31. The number of hydrogen-bond donors (Lipinski definition) is 1. The Balaban J connectivity index is 1.33. The van der Waals surface area contributed by atoms with Gasteiger partial charge >= 0.3 is 0 Å². The van der Waals surface area contributed by atoms with Gasteiger partial charge in [0.25, 0.3) is 0 Å². The van der Waals surface area contributed by atoms with Crippen LogP contribution in [0.4, 0.5) is 4.39 Å². The van der Waals surface area contributed by atoms with Gasteiger partial charge in [-0.3, -0.25) is 4.68 Å². The Kier molecular flexibility index (Phi) is 6.41. The molecule has 1 saturated heterocycles. The fourth-order valence-corrected chi connectivity index (χ4v) is 8.33. The van der Waals surface area contributed by atoms with Crippen LogP contribution in [0.15, 0.2) is 42.9 Å². The molecular weight excluding hydrogens is 505 g/mol. The van der Waals surface area contributed by atoms with Crippen molar-refractivity contribution in [3.63, 3.8) is 0 Å². The molecule has 5 rings (SSSR count). The van der Waals surface area contributed by atoms with Crippen LogP contribution < -0.4 is 0 Å². The molecule has 4 aromatic rings.